The summed E-state index contributed by atoms with van der Waals surface area (Å²) in [6, 6.07) is 3.82. The number of nitrogens with two attached hydrogens (primary N) is 1. The van der Waals surface area contributed by atoms with Crippen LogP contribution in [0.4, 0.5) is 5.69 Å². The summed E-state index contributed by atoms with van der Waals surface area (Å²) >= 11 is 0. The first-order valence-corrected chi connectivity index (χ1v) is 6.25. The monoisotopic (exact) mass is 233 g/mol. The standard InChI is InChI=1S/C13H19N3O/c1-2-10-6-3-4-9-16(10)13(17)12-11(14)7-5-8-15-12/h5,7-8,10H,2-4,6,9,14H2,1H3. The first-order valence-electron chi connectivity index (χ1n) is 6.25. The number of carbonyl (C=O) groups is 1. The highest BCUT2D eigenvalue weighted by Gasteiger charge is 2.27. The highest BCUT2D eigenvalue weighted by atomic mass is 16.2. The van der Waals surface area contributed by atoms with Crippen LogP contribution in [0.5, 0.6) is 0 Å². The van der Waals surface area contributed by atoms with Crippen molar-refractivity contribution in [3.63, 3.8) is 0 Å². The number of anilines is 1. The van der Waals surface area contributed by atoms with E-state index in [-0.39, 0.29) is 5.91 Å². The lowest BCUT2D eigenvalue weighted by Gasteiger charge is -2.35. The maximum Gasteiger partial charge on any atom is 0.274 e. The number of likely N-dealkylation sites (tertiary alicyclic amines) is 1. The molecular weight excluding hydrogens is 214 g/mol. The van der Waals surface area contributed by atoms with Crippen molar-refractivity contribution >= 4 is 11.6 Å². The number of piperidine rings is 1. The second-order valence-electron chi connectivity index (χ2n) is 4.50. The van der Waals surface area contributed by atoms with Crippen LogP contribution in [-0.4, -0.2) is 28.4 Å². The molecule has 4 nitrogen and oxygen atoms in total. The van der Waals surface area contributed by atoms with Gasteiger partial charge in [-0.25, -0.2) is 4.98 Å². The number of aromatic nitrogens is 1. The predicted molar refractivity (Wildman–Crippen MR) is 67.6 cm³/mol. The van der Waals surface area contributed by atoms with Gasteiger partial charge in [0.15, 0.2) is 5.69 Å². The molecule has 0 aromatic carbocycles. The van der Waals surface area contributed by atoms with Gasteiger partial charge in [0.05, 0.1) is 5.69 Å². The van der Waals surface area contributed by atoms with Crippen LogP contribution in [0.1, 0.15) is 43.1 Å². The van der Waals surface area contributed by atoms with Crippen molar-refractivity contribution in [3.05, 3.63) is 24.0 Å². The van der Waals surface area contributed by atoms with E-state index < -0.39 is 0 Å². The average molecular weight is 233 g/mol. The van der Waals surface area contributed by atoms with Crippen molar-refractivity contribution < 1.29 is 4.79 Å². The van der Waals surface area contributed by atoms with Gasteiger partial charge in [-0.05, 0) is 37.8 Å². The van der Waals surface area contributed by atoms with Gasteiger partial charge >= 0.3 is 0 Å². The minimum atomic E-state index is -0.0188. The van der Waals surface area contributed by atoms with Gasteiger partial charge in [-0.3, -0.25) is 4.79 Å². The van der Waals surface area contributed by atoms with Crippen LogP contribution in [0.15, 0.2) is 18.3 Å². The Labute approximate surface area is 102 Å². The van der Waals surface area contributed by atoms with E-state index in [1.807, 2.05) is 4.90 Å². The Morgan fingerprint density at radius 3 is 3.12 bits per heavy atom. The van der Waals surface area contributed by atoms with E-state index in [2.05, 4.69) is 11.9 Å². The number of rotatable bonds is 2. The summed E-state index contributed by atoms with van der Waals surface area (Å²) in [6.45, 7) is 2.95. The quantitative estimate of drug-likeness (QED) is 0.850. The van der Waals surface area contributed by atoms with Crippen LogP contribution in [0.2, 0.25) is 0 Å². The van der Waals surface area contributed by atoms with E-state index in [0.29, 0.717) is 17.4 Å². The van der Waals surface area contributed by atoms with E-state index >= 15 is 0 Å². The zero-order valence-electron chi connectivity index (χ0n) is 10.2. The SMILES string of the molecule is CCC1CCCCN1C(=O)c1ncccc1N. The average Bonchev–Trinajstić information content (AvgIpc) is 2.38. The first kappa shape index (κ1) is 11.9. The molecule has 1 saturated heterocycles. The lowest BCUT2D eigenvalue weighted by molar-refractivity contribution is 0.0603. The molecule has 1 fully saturated rings. The van der Waals surface area contributed by atoms with E-state index in [0.717, 1.165) is 25.8 Å². The van der Waals surface area contributed by atoms with Gasteiger partial charge in [0.2, 0.25) is 0 Å². The minimum absolute atomic E-state index is 0.0188. The second kappa shape index (κ2) is 5.17. The summed E-state index contributed by atoms with van der Waals surface area (Å²) in [4.78, 5) is 18.4. The number of hydrogen-bond donors (Lipinski definition) is 1. The predicted octanol–water partition coefficient (Wildman–Crippen LogP) is 2.07. The summed E-state index contributed by atoms with van der Waals surface area (Å²) in [5.41, 5.74) is 6.67. The number of hydrogen-bond acceptors (Lipinski definition) is 3. The molecule has 2 heterocycles. The molecule has 0 spiro atoms. The van der Waals surface area contributed by atoms with Crippen LogP contribution in [0.25, 0.3) is 0 Å². The van der Waals surface area contributed by atoms with Gasteiger partial charge in [0, 0.05) is 18.8 Å². The summed E-state index contributed by atoms with van der Waals surface area (Å²) < 4.78 is 0. The van der Waals surface area contributed by atoms with Crippen molar-refractivity contribution in [1.82, 2.24) is 9.88 Å². The molecular formula is C13H19N3O. The van der Waals surface area contributed by atoms with Crippen LogP contribution in [0, 0.1) is 0 Å². The third-order valence-corrected chi connectivity index (χ3v) is 3.40. The fraction of sp³-hybridized carbons (Fsp3) is 0.538. The van der Waals surface area contributed by atoms with E-state index in [9.17, 15) is 4.79 Å². The number of nitrogens with zero attached hydrogens (tertiary/aromatic N) is 2. The van der Waals surface area contributed by atoms with E-state index in [1.165, 1.54) is 6.42 Å². The molecule has 1 aromatic rings. The van der Waals surface area contributed by atoms with Crippen LogP contribution in [-0.2, 0) is 0 Å². The summed E-state index contributed by atoms with van der Waals surface area (Å²) in [5.74, 6) is -0.0188. The van der Waals surface area contributed by atoms with Gasteiger partial charge in [0.25, 0.3) is 5.91 Å². The van der Waals surface area contributed by atoms with Crippen LogP contribution in [0.3, 0.4) is 0 Å². The highest BCUT2D eigenvalue weighted by molar-refractivity contribution is 5.97. The van der Waals surface area contributed by atoms with Gasteiger partial charge in [0.1, 0.15) is 0 Å². The Morgan fingerprint density at radius 2 is 2.41 bits per heavy atom. The molecule has 0 aliphatic carbocycles. The Kier molecular flexibility index (Phi) is 3.61. The zero-order chi connectivity index (χ0) is 12.3. The summed E-state index contributed by atoms with van der Waals surface area (Å²) in [7, 11) is 0. The maximum absolute atomic E-state index is 12.4. The number of amides is 1. The van der Waals surface area contributed by atoms with Crippen molar-refractivity contribution in [2.24, 2.45) is 0 Å². The van der Waals surface area contributed by atoms with Gasteiger partial charge < -0.3 is 10.6 Å². The fourth-order valence-corrected chi connectivity index (χ4v) is 2.42. The molecule has 4 heteroatoms. The molecule has 1 unspecified atom stereocenters. The topological polar surface area (TPSA) is 59.2 Å². The Balaban J connectivity index is 2.21. The normalized spacial score (nSPS) is 20.3. The van der Waals surface area contributed by atoms with Crippen LogP contribution < -0.4 is 5.73 Å². The van der Waals surface area contributed by atoms with E-state index in [4.69, 9.17) is 5.73 Å². The lowest BCUT2D eigenvalue weighted by Crippen LogP contribution is -2.43. The number of nitrogen functional groups attached to an aromatic ring is 1. The molecule has 1 atom stereocenters. The molecule has 2 rings (SSSR count). The van der Waals surface area contributed by atoms with Crippen molar-refractivity contribution in [2.45, 2.75) is 38.6 Å². The molecule has 0 saturated carbocycles. The second-order valence-corrected chi connectivity index (χ2v) is 4.50. The number of carbonyl (C=O) groups excluding carboxylic acids is 1. The highest BCUT2D eigenvalue weighted by Crippen LogP contribution is 2.22. The molecule has 92 valence electrons. The van der Waals surface area contributed by atoms with E-state index in [1.54, 1.807) is 18.3 Å². The molecule has 2 N–H and O–H groups in total. The Bertz CT molecular complexity index is 405. The smallest absolute Gasteiger partial charge is 0.274 e. The summed E-state index contributed by atoms with van der Waals surface area (Å²) in [5, 5.41) is 0. The molecule has 1 aliphatic heterocycles. The van der Waals surface area contributed by atoms with Gasteiger partial charge in [-0.15, -0.1) is 0 Å². The Morgan fingerprint density at radius 1 is 1.59 bits per heavy atom. The lowest BCUT2D eigenvalue weighted by atomic mass is 9.99. The van der Waals surface area contributed by atoms with Gasteiger partial charge in [-0.2, -0.15) is 0 Å². The first-order chi connectivity index (χ1) is 8.24. The Hall–Kier alpha value is -1.58. The molecule has 0 bridgehead atoms. The third kappa shape index (κ3) is 2.40. The van der Waals surface area contributed by atoms with Crippen LogP contribution >= 0.6 is 0 Å². The van der Waals surface area contributed by atoms with Crippen molar-refractivity contribution in [1.29, 1.82) is 0 Å². The largest absolute Gasteiger partial charge is 0.397 e. The zero-order valence-corrected chi connectivity index (χ0v) is 10.2. The molecule has 0 radical (unpaired) electrons. The minimum Gasteiger partial charge on any atom is -0.397 e. The van der Waals surface area contributed by atoms with Gasteiger partial charge in [-0.1, -0.05) is 6.92 Å². The molecule has 1 aliphatic rings. The van der Waals surface area contributed by atoms with Crippen molar-refractivity contribution in [2.75, 3.05) is 12.3 Å². The summed E-state index contributed by atoms with van der Waals surface area (Å²) in [6.07, 6.45) is 6.00. The molecule has 1 aromatic heterocycles. The van der Waals surface area contributed by atoms with Crippen molar-refractivity contribution in [3.8, 4) is 0 Å². The third-order valence-electron chi connectivity index (χ3n) is 3.40. The number of pyridine rings is 1. The molecule has 17 heavy (non-hydrogen) atoms. The molecule has 1 amide bonds. The maximum atomic E-state index is 12.4. The fourth-order valence-electron chi connectivity index (χ4n) is 2.42.